The summed E-state index contributed by atoms with van der Waals surface area (Å²) >= 11 is 0. The Bertz CT molecular complexity index is 775. The van der Waals surface area contributed by atoms with E-state index >= 15 is 0 Å². The third kappa shape index (κ3) is 2.83. The van der Waals surface area contributed by atoms with Crippen LogP contribution in [0.15, 0.2) is 37.1 Å². The molecule has 0 aliphatic rings. The van der Waals surface area contributed by atoms with Crippen molar-refractivity contribution in [2.45, 2.75) is 26.3 Å². The number of rotatable bonds is 5. The smallest absolute Gasteiger partial charge is 0.252 e. The van der Waals surface area contributed by atoms with Gasteiger partial charge in [0.15, 0.2) is 5.65 Å². The standard InChI is InChI=1S/C15H18N6O/c1-11(2)14-19-18-13-4-3-12(9-21(13)14)15(22)17-6-8-20-7-5-16-10-20/h3-5,7,9-11H,6,8H2,1-2H3,(H,17,22). The monoisotopic (exact) mass is 298 g/mol. The van der Waals surface area contributed by atoms with Crippen LogP contribution in [0.5, 0.6) is 0 Å². The number of carbonyl (C=O) groups excluding carboxylic acids is 1. The van der Waals surface area contributed by atoms with Gasteiger partial charge in [0.05, 0.1) is 11.9 Å². The molecule has 0 unspecified atom stereocenters. The van der Waals surface area contributed by atoms with Crippen molar-refractivity contribution in [2.24, 2.45) is 0 Å². The fourth-order valence-electron chi connectivity index (χ4n) is 2.26. The van der Waals surface area contributed by atoms with Crippen molar-refractivity contribution in [1.82, 2.24) is 29.5 Å². The Morgan fingerprint density at radius 1 is 1.32 bits per heavy atom. The third-order valence-electron chi connectivity index (χ3n) is 3.42. The Labute approximate surface area is 128 Å². The van der Waals surface area contributed by atoms with Gasteiger partial charge in [-0.1, -0.05) is 13.8 Å². The second-order valence-electron chi connectivity index (χ2n) is 5.42. The molecule has 3 aromatic rings. The van der Waals surface area contributed by atoms with Crippen LogP contribution in [0.4, 0.5) is 0 Å². The van der Waals surface area contributed by atoms with Crippen LogP contribution in [0, 0.1) is 0 Å². The van der Waals surface area contributed by atoms with Crippen LogP contribution in [0.25, 0.3) is 5.65 Å². The molecule has 0 aliphatic heterocycles. The molecule has 0 bridgehead atoms. The second-order valence-corrected chi connectivity index (χ2v) is 5.42. The molecule has 0 saturated heterocycles. The van der Waals surface area contributed by atoms with Gasteiger partial charge in [0.2, 0.25) is 0 Å². The van der Waals surface area contributed by atoms with Crippen LogP contribution in [-0.4, -0.2) is 36.6 Å². The molecule has 3 heterocycles. The maximum absolute atomic E-state index is 12.2. The Balaban J connectivity index is 1.71. The van der Waals surface area contributed by atoms with E-state index in [4.69, 9.17) is 0 Å². The van der Waals surface area contributed by atoms with Crippen molar-refractivity contribution in [3.8, 4) is 0 Å². The predicted molar refractivity (Wildman–Crippen MR) is 81.6 cm³/mol. The van der Waals surface area contributed by atoms with Gasteiger partial charge in [-0.25, -0.2) is 4.98 Å². The van der Waals surface area contributed by atoms with Crippen LogP contribution in [0.2, 0.25) is 0 Å². The number of imidazole rings is 1. The van der Waals surface area contributed by atoms with Crippen LogP contribution in [0.1, 0.15) is 35.9 Å². The highest BCUT2D eigenvalue weighted by Gasteiger charge is 2.12. The van der Waals surface area contributed by atoms with Gasteiger partial charge < -0.3 is 9.88 Å². The summed E-state index contributed by atoms with van der Waals surface area (Å²) in [7, 11) is 0. The molecular formula is C15H18N6O. The zero-order chi connectivity index (χ0) is 15.5. The molecule has 7 nitrogen and oxygen atoms in total. The van der Waals surface area contributed by atoms with E-state index in [0.717, 1.165) is 11.5 Å². The Morgan fingerprint density at radius 2 is 2.18 bits per heavy atom. The number of pyridine rings is 1. The molecule has 7 heteroatoms. The highest BCUT2D eigenvalue weighted by atomic mass is 16.1. The first-order chi connectivity index (χ1) is 10.6. The minimum absolute atomic E-state index is 0.106. The molecule has 0 aliphatic carbocycles. The first-order valence-corrected chi connectivity index (χ1v) is 7.24. The predicted octanol–water partition coefficient (Wildman–Crippen LogP) is 1.48. The molecule has 0 radical (unpaired) electrons. The van der Waals surface area contributed by atoms with Gasteiger partial charge in [0.25, 0.3) is 5.91 Å². The van der Waals surface area contributed by atoms with Gasteiger partial charge >= 0.3 is 0 Å². The molecule has 0 saturated carbocycles. The molecule has 0 fully saturated rings. The summed E-state index contributed by atoms with van der Waals surface area (Å²) in [4.78, 5) is 16.2. The van der Waals surface area contributed by atoms with Crippen LogP contribution in [-0.2, 0) is 6.54 Å². The summed E-state index contributed by atoms with van der Waals surface area (Å²) in [6.45, 7) is 5.34. The van der Waals surface area contributed by atoms with E-state index < -0.39 is 0 Å². The van der Waals surface area contributed by atoms with E-state index in [0.29, 0.717) is 18.7 Å². The van der Waals surface area contributed by atoms with Gasteiger partial charge in [-0.05, 0) is 12.1 Å². The summed E-state index contributed by atoms with van der Waals surface area (Å²) in [5.74, 6) is 0.989. The van der Waals surface area contributed by atoms with E-state index in [-0.39, 0.29) is 11.8 Å². The lowest BCUT2D eigenvalue weighted by molar-refractivity contribution is 0.0952. The summed E-state index contributed by atoms with van der Waals surface area (Å²) < 4.78 is 3.79. The van der Waals surface area contributed by atoms with E-state index in [1.807, 2.05) is 35.1 Å². The van der Waals surface area contributed by atoms with Crippen molar-refractivity contribution < 1.29 is 4.79 Å². The largest absolute Gasteiger partial charge is 0.350 e. The average molecular weight is 298 g/mol. The second kappa shape index (κ2) is 5.97. The van der Waals surface area contributed by atoms with Crippen molar-refractivity contribution in [1.29, 1.82) is 0 Å². The maximum Gasteiger partial charge on any atom is 0.252 e. The fraction of sp³-hybridized carbons (Fsp3) is 0.333. The number of nitrogens with zero attached hydrogens (tertiary/aromatic N) is 5. The van der Waals surface area contributed by atoms with Crippen molar-refractivity contribution >= 4 is 11.6 Å². The fourth-order valence-corrected chi connectivity index (χ4v) is 2.26. The molecule has 1 N–H and O–H groups in total. The van der Waals surface area contributed by atoms with E-state index in [9.17, 15) is 4.79 Å². The van der Waals surface area contributed by atoms with E-state index in [1.54, 1.807) is 24.8 Å². The number of amides is 1. The van der Waals surface area contributed by atoms with Crippen LogP contribution < -0.4 is 5.32 Å². The summed E-state index contributed by atoms with van der Waals surface area (Å²) in [6.07, 6.45) is 7.10. The highest BCUT2D eigenvalue weighted by Crippen LogP contribution is 2.14. The van der Waals surface area contributed by atoms with Crippen molar-refractivity contribution in [2.75, 3.05) is 6.54 Å². The van der Waals surface area contributed by atoms with Gasteiger partial charge in [0.1, 0.15) is 5.82 Å². The summed E-state index contributed by atoms with van der Waals surface area (Å²) in [6, 6.07) is 3.57. The molecule has 114 valence electrons. The van der Waals surface area contributed by atoms with Gasteiger partial charge in [-0.3, -0.25) is 9.20 Å². The highest BCUT2D eigenvalue weighted by molar-refractivity contribution is 5.94. The average Bonchev–Trinajstić information content (AvgIpc) is 3.15. The Kier molecular flexibility index (Phi) is 3.86. The first-order valence-electron chi connectivity index (χ1n) is 7.24. The lowest BCUT2D eigenvalue weighted by atomic mass is 10.2. The lowest BCUT2D eigenvalue weighted by Gasteiger charge is -2.07. The molecule has 1 amide bonds. The van der Waals surface area contributed by atoms with Gasteiger partial charge in [-0.15, -0.1) is 10.2 Å². The van der Waals surface area contributed by atoms with Crippen molar-refractivity contribution in [3.05, 3.63) is 48.4 Å². The number of aromatic nitrogens is 5. The van der Waals surface area contributed by atoms with Crippen LogP contribution >= 0.6 is 0 Å². The zero-order valence-electron chi connectivity index (χ0n) is 12.6. The minimum Gasteiger partial charge on any atom is -0.350 e. The molecule has 0 spiro atoms. The number of nitrogens with one attached hydrogen (secondary N) is 1. The summed E-state index contributed by atoms with van der Waals surface area (Å²) in [5, 5.41) is 11.2. The molecule has 0 aromatic carbocycles. The zero-order valence-corrected chi connectivity index (χ0v) is 12.6. The molecule has 0 atom stereocenters. The SMILES string of the molecule is CC(C)c1nnc2ccc(C(=O)NCCn3ccnc3)cn12. The Hall–Kier alpha value is -2.70. The summed E-state index contributed by atoms with van der Waals surface area (Å²) in [5.41, 5.74) is 1.35. The van der Waals surface area contributed by atoms with Gasteiger partial charge in [0, 0.05) is 37.6 Å². The topological polar surface area (TPSA) is 77.1 Å². The number of hydrogen-bond acceptors (Lipinski definition) is 4. The third-order valence-corrected chi connectivity index (χ3v) is 3.42. The maximum atomic E-state index is 12.2. The lowest BCUT2D eigenvalue weighted by Crippen LogP contribution is -2.27. The van der Waals surface area contributed by atoms with Crippen molar-refractivity contribution in [3.63, 3.8) is 0 Å². The molecular weight excluding hydrogens is 280 g/mol. The quantitative estimate of drug-likeness (QED) is 0.774. The van der Waals surface area contributed by atoms with Gasteiger partial charge in [-0.2, -0.15) is 0 Å². The molecule has 22 heavy (non-hydrogen) atoms. The number of hydrogen-bond donors (Lipinski definition) is 1. The van der Waals surface area contributed by atoms with Crippen LogP contribution in [0.3, 0.4) is 0 Å². The number of fused-ring (bicyclic) bond motifs is 1. The number of carbonyl (C=O) groups is 1. The first kappa shape index (κ1) is 14.2. The van der Waals surface area contributed by atoms with E-state index in [2.05, 4.69) is 20.5 Å². The minimum atomic E-state index is -0.106. The van der Waals surface area contributed by atoms with E-state index in [1.165, 1.54) is 0 Å². The Morgan fingerprint density at radius 3 is 2.91 bits per heavy atom. The normalized spacial score (nSPS) is 11.2. The molecule has 3 rings (SSSR count). The molecule has 3 aromatic heterocycles.